The van der Waals surface area contributed by atoms with Crippen LogP contribution in [0.1, 0.15) is 65.2 Å². The number of carbonyl (C=O) groups excluding carboxylic acids is 1. The summed E-state index contributed by atoms with van der Waals surface area (Å²) in [6.07, 6.45) is 8.96. The van der Waals surface area contributed by atoms with E-state index in [1.807, 2.05) is 0 Å². The van der Waals surface area contributed by atoms with Crippen LogP contribution in [0.3, 0.4) is 0 Å². The molecule has 0 spiro atoms. The maximum absolute atomic E-state index is 11.5. The van der Waals surface area contributed by atoms with Gasteiger partial charge in [0, 0.05) is 17.8 Å². The second kappa shape index (κ2) is 11.4. The summed E-state index contributed by atoms with van der Waals surface area (Å²) in [6.45, 7) is 4.32. The largest absolute Gasteiger partial charge is 0.354 e. The topological polar surface area (TPSA) is 29.1 Å². The van der Waals surface area contributed by atoms with Crippen molar-refractivity contribution in [3.63, 3.8) is 0 Å². The van der Waals surface area contributed by atoms with Gasteiger partial charge in [-0.15, -0.1) is 0 Å². The molecule has 0 saturated heterocycles. The minimum atomic E-state index is 0.212. The Labute approximate surface area is 109 Å². The van der Waals surface area contributed by atoms with Crippen molar-refractivity contribution in [3.05, 3.63) is 0 Å². The molecule has 2 nitrogen and oxygen atoms in total. The Hall–Kier alpha value is -0.0500. The number of hydrogen-bond acceptors (Lipinski definition) is 1. The van der Waals surface area contributed by atoms with Gasteiger partial charge in [0.15, 0.2) is 0 Å². The molecule has 0 aliphatic rings. The molecule has 0 aromatic heterocycles. The molecular weight excluding hydrogens is 266 g/mol. The van der Waals surface area contributed by atoms with E-state index in [4.69, 9.17) is 0 Å². The summed E-state index contributed by atoms with van der Waals surface area (Å²) in [5.41, 5.74) is 0. The molecule has 0 heterocycles. The highest BCUT2D eigenvalue weighted by atomic mass is 79.9. The molecule has 1 amide bonds. The van der Waals surface area contributed by atoms with Crippen LogP contribution in [-0.4, -0.2) is 17.3 Å². The molecule has 96 valence electrons. The normalized spacial score (nSPS) is 12.4. The van der Waals surface area contributed by atoms with Gasteiger partial charge in [0.05, 0.1) is 0 Å². The second-order valence-corrected chi connectivity index (χ2v) is 5.26. The molecule has 1 unspecified atom stereocenters. The number of rotatable bonds is 10. The molecule has 0 aliphatic heterocycles. The maximum atomic E-state index is 11.5. The number of carbonyl (C=O) groups is 1. The van der Waals surface area contributed by atoms with Gasteiger partial charge >= 0.3 is 0 Å². The average molecular weight is 292 g/mol. The summed E-state index contributed by atoms with van der Waals surface area (Å²) in [4.78, 5) is 11.5. The summed E-state index contributed by atoms with van der Waals surface area (Å²) in [5.74, 6) is 0.212. The van der Waals surface area contributed by atoms with Gasteiger partial charge in [-0.2, -0.15) is 0 Å². The third-order valence-electron chi connectivity index (χ3n) is 2.69. The van der Waals surface area contributed by atoms with Crippen molar-refractivity contribution in [3.8, 4) is 0 Å². The number of halogens is 1. The first-order valence-electron chi connectivity index (χ1n) is 6.56. The number of hydrogen-bond donors (Lipinski definition) is 1. The minimum absolute atomic E-state index is 0.212. The molecule has 0 aromatic rings. The number of alkyl halides is 1. The van der Waals surface area contributed by atoms with Crippen LogP contribution >= 0.6 is 15.9 Å². The molecule has 0 bridgehead atoms. The highest BCUT2D eigenvalue weighted by Crippen LogP contribution is 2.06. The van der Waals surface area contributed by atoms with E-state index in [2.05, 4.69) is 35.1 Å². The first-order valence-corrected chi connectivity index (χ1v) is 7.68. The lowest BCUT2D eigenvalue weighted by molar-refractivity contribution is -0.121. The van der Waals surface area contributed by atoms with Crippen LogP contribution < -0.4 is 5.32 Å². The fraction of sp³-hybridized carbons (Fsp3) is 0.923. The monoisotopic (exact) mass is 291 g/mol. The summed E-state index contributed by atoms with van der Waals surface area (Å²) < 4.78 is 0. The lowest BCUT2D eigenvalue weighted by atomic mass is 10.1. The molecule has 1 atom stereocenters. The van der Waals surface area contributed by atoms with Crippen molar-refractivity contribution in [1.82, 2.24) is 5.32 Å². The molecule has 0 radical (unpaired) electrons. The van der Waals surface area contributed by atoms with Crippen LogP contribution in [0.2, 0.25) is 0 Å². The van der Waals surface area contributed by atoms with Gasteiger partial charge < -0.3 is 5.32 Å². The van der Waals surface area contributed by atoms with E-state index in [0.29, 0.717) is 12.5 Å². The van der Waals surface area contributed by atoms with Crippen molar-refractivity contribution in [2.75, 3.05) is 5.33 Å². The fourth-order valence-corrected chi connectivity index (χ4v) is 2.07. The summed E-state index contributed by atoms with van der Waals surface area (Å²) in [6, 6.07) is 0.341. The van der Waals surface area contributed by atoms with E-state index >= 15 is 0 Å². The standard InChI is InChI=1S/C13H26BrNO/c1-3-4-5-6-9-12(2)15-13(16)10-7-8-11-14/h12H,3-11H2,1-2H3,(H,15,16). The Kier molecular flexibility index (Phi) is 11.4. The Morgan fingerprint density at radius 2 is 1.94 bits per heavy atom. The van der Waals surface area contributed by atoms with Crippen LogP contribution in [0.4, 0.5) is 0 Å². The van der Waals surface area contributed by atoms with Crippen molar-refractivity contribution >= 4 is 21.8 Å². The second-order valence-electron chi connectivity index (χ2n) is 4.46. The molecule has 0 fully saturated rings. The van der Waals surface area contributed by atoms with Gasteiger partial charge in [-0.05, 0) is 26.2 Å². The molecule has 0 saturated carbocycles. The summed E-state index contributed by atoms with van der Waals surface area (Å²) >= 11 is 3.37. The lowest BCUT2D eigenvalue weighted by Crippen LogP contribution is -2.32. The van der Waals surface area contributed by atoms with E-state index in [0.717, 1.165) is 24.6 Å². The predicted octanol–water partition coefficient (Wildman–Crippen LogP) is 4.03. The quantitative estimate of drug-likeness (QED) is 0.478. The van der Waals surface area contributed by atoms with Crippen molar-refractivity contribution in [1.29, 1.82) is 0 Å². The third kappa shape index (κ3) is 10.5. The molecule has 0 aromatic carbocycles. The van der Waals surface area contributed by atoms with Crippen molar-refractivity contribution < 1.29 is 4.79 Å². The van der Waals surface area contributed by atoms with Gasteiger partial charge in [0.2, 0.25) is 5.91 Å². The van der Waals surface area contributed by atoms with Crippen LogP contribution in [0.25, 0.3) is 0 Å². The van der Waals surface area contributed by atoms with Crippen molar-refractivity contribution in [2.24, 2.45) is 0 Å². The molecule has 1 N–H and O–H groups in total. The number of nitrogens with one attached hydrogen (secondary N) is 1. The highest BCUT2D eigenvalue weighted by Gasteiger charge is 2.06. The molecule has 0 rings (SSSR count). The maximum Gasteiger partial charge on any atom is 0.220 e. The summed E-state index contributed by atoms with van der Waals surface area (Å²) in [5, 5.41) is 4.05. The Morgan fingerprint density at radius 1 is 1.19 bits per heavy atom. The van der Waals surface area contributed by atoms with Crippen molar-refractivity contribution in [2.45, 2.75) is 71.3 Å². The molecular formula is C13H26BrNO. The SMILES string of the molecule is CCCCCCC(C)NC(=O)CCCCBr. The van der Waals surface area contributed by atoms with Crippen LogP contribution in [-0.2, 0) is 4.79 Å². The van der Waals surface area contributed by atoms with E-state index in [-0.39, 0.29) is 5.91 Å². The van der Waals surface area contributed by atoms with Crippen LogP contribution in [0.15, 0.2) is 0 Å². The Morgan fingerprint density at radius 3 is 2.56 bits per heavy atom. The van der Waals surface area contributed by atoms with Gasteiger partial charge in [-0.3, -0.25) is 4.79 Å². The molecule has 16 heavy (non-hydrogen) atoms. The highest BCUT2D eigenvalue weighted by molar-refractivity contribution is 9.09. The van der Waals surface area contributed by atoms with Gasteiger partial charge in [0.25, 0.3) is 0 Å². The summed E-state index contributed by atoms with van der Waals surface area (Å²) in [7, 11) is 0. The van der Waals surface area contributed by atoms with E-state index in [1.54, 1.807) is 0 Å². The first kappa shape index (κ1) is 16.0. The molecule has 3 heteroatoms. The number of unbranched alkanes of at least 4 members (excludes halogenated alkanes) is 4. The van der Waals surface area contributed by atoms with E-state index < -0.39 is 0 Å². The van der Waals surface area contributed by atoms with Crippen LogP contribution in [0, 0.1) is 0 Å². The van der Waals surface area contributed by atoms with Crippen LogP contribution in [0.5, 0.6) is 0 Å². The zero-order chi connectivity index (χ0) is 12.2. The zero-order valence-corrected chi connectivity index (χ0v) is 12.3. The Balaban J connectivity index is 3.39. The predicted molar refractivity (Wildman–Crippen MR) is 74.0 cm³/mol. The minimum Gasteiger partial charge on any atom is -0.354 e. The third-order valence-corrected chi connectivity index (χ3v) is 3.25. The average Bonchev–Trinajstić information content (AvgIpc) is 2.25. The van der Waals surface area contributed by atoms with Gasteiger partial charge in [-0.25, -0.2) is 0 Å². The zero-order valence-electron chi connectivity index (χ0n) is 10.7. The lowest BCUT2D eigenvalue weighted by Gasteiger charge is -2.13. The molecule has 0 aliphatic carbocycles. The Bertz CT molecular complexity index is 173. The smallest absolute Gasteiger partial charge is 0.220 e. The number of amides is 1. The van der Waals surface area contributed by atoms with E-state index in [1.165, 1.54) is 25.7 Å². The fourth-order valence-electron chi connectivity index (χ4n) is 1.68. The van der Waals surface area contributed by atoms with E-state index in [9.17, 15) is 4.79 Å². The first-order chi connectivity index (χ1) is 7.70. The van der Waals surface area contributed by atoms with Gasteiger partial charge in [-0.1, -0.05) is 48.5 Å². The van der Waals surface area contributed by atoms with Gasteiger partial charge in [0.1, 0.15) is 0 Å².